The molecule has 0 spiro atoms. The zero-order chi connectivity index (χ0) is 32.9. The lowest BCUT2D eigenvalue weighted by molar-refractivity contribution is -0.139. The molecule has 242 valence electrons. The van der Waals surface area contributed by atoms with Crippen LogP contribution in [0.2, 0.25) is 0 Å². The van der Waals surface area contributed by atoms with Crippen molar-refractivity contribution in [3.63, 3.8) is 0 Å². The maximum atomic E-state index is 14.2. The minimum atomic E-state index is -0.911. The number of halogens is 1. The van der Waals surface area contributed by atoms with Gasteiger partial charge in [0, 0.05) is 18.7 Å². The van der Waals surface area contributed by atoms with E-state index in [0.29, 0.717) is 49.8 Å². The first-order chi connectivity index (χ1) is 22.9. The summed E-state index contributed by atoms with van der Waals surface area (Å²) in [5.41, 5.74) is 2.09. The van der Waals surface area contributed by atoms with E-state index in [1.54, 1.807) is 48.2 Å². The van der Waals surface area contributed by atoms with Crippen LogP contribution in [0, 0.1) is 5.82 Å². The molecule has 47 heavy (non-hydrogen) atoms. The molecule has 0 N–H and O–H groups in total. The highest BCUT2D eigenvalue weighted by atomic mass is 32.1. The van der Waals surface area contributed by atoms with Gasteiger partial charge in [0.1, 0.15) is 5.82 Å². The molecular weight excluding hydrogens is 621 g/mol. The van der Waals surface area contributed by atoms with E-state index < -0.39 is 17.8 Å². The van der Waals surface area contributed by atoms with Gasteiger partial charge >= 0.3 is 5.97 Å². The smallest absolute Gasteiger partial charge is 0.338 e. The minimum Gasteiger partial charge on any atom is -0.490 e. The number of likely N-dealkylation sites (tertiary alicyclic amines) is 1. The summed E-state index contributed by atoms with van der Waals surface area (Å²) in [5, 5.41) is 0. The monoisotopic (exact) mass is 655 g/mol. The van der Waals surface area contributed by atoms with Crippen molar-refractivity contribution in [2.75, 3.05) is 32.9 Å². The van der Waals surface area contributed by atoms with Crippen LogP contribution in [0.4, 0.5) is 4.39 Å². The van der Waals surface area contributed by atoms with E-state index >= 15 is 0 Å². The van der Waals surface area contributed by atoms with Crippen LogP contribution in [0.1, 0.15) is 49.4 Å². The molecule has 1 saturated heterocycles. The molecule has 2 aliphatic heterocycles. The lowest BCUT2D eigenvalue weighted by atomic mass is 9.93. The number of esters is 1. The number of ether oxygens (including phenoxy) is 3. The summed E-state index contributed by atoms with van der Waals surface area (Å²) in [4.78, 5) is 47.3. The van der Waals surface area contributed by atoms with Gasteiger partial charge in [-0.05, 0) is 68.2 Å². The lowest BCUT2D eigenvalue weighted by Crippen LogP contribution is -2.40. The van der Waals surface area contributed by atoms with E-state index in [4.69, 9.17) is 19.2 Å². The maximum Gasteiger partial charge on any atom is 0.338 e. The number of amides is 1. The Morgan fingerprint density at radius 1 is 0.957 bits per heavy atom. The summed E-state index contributed by atoms with van der Waals surface area (Å²) < 4.78 is 33.0. The van der Waals surface area contributed by atoms with Gasteiger partial charge in [0.05, 0.1) is 35.1 Å². The van der Waals surface area contributed by atoms with E-state index in [1.165, 1.54) is 28.0 Å². The van der Waals surface area contributed by atoms with Crippen molar-refractivity contribution in [2.24, 2.45) is 4.99 Å². The second-order valence-electron chi connectivity index (χ2n) is 11.0. The third-order valence-electron chi connectivity index (χ3n) is 7.93. The van der Waals surface area contributed by atoms with Crippen LogP contribution in [0.3, 0.4) is 0 Å². The van der Waals surface area contributed by atoms with Crippen molar-refractivity contribution in [3.8, 4) is 11.5 Å². The largest absolute Gasteiger partial charge is 0.490 e. The van der Waals surface area contributed by atoms with Gasteiger partial charge < -0.3 is 19.1 Å². The van der Waals surface area contributed by atoms with E-state index in [1.807, 2.05) is 37.3 Å². The number of nitrogens with zero attached hydrogens (tertiary/aromatic N) is 3. The fourth-order valence-corrected chi connectivity index (χ4v) is 6.75. The van der Waals surface area contributed by atoms with Crippen LogP contribution >= 0.6 is 11.3 Å². The highest BCUT2D eigenvalue weighted by Gasteiger charge is 2.35. The molecule has 2 aliphatic rings. The van der Waals surface area contributed by atoms with Gasteiger partial charge in [0.2, 0.25) is 0 Å². The number of carbonyl (C=O) groups excluding carboxylic acids is 2. The first-order valence-corrected chi connectivity index (χ1v) is 16.4. The Morgan fingerprint density at radius 2 is 1.70 bits per heavy atom. The summed E-state index contributed by atoms with van der Waals surface area (Å²) >= 11 is 1.18. The Morgan fingerprint density at radius 3 is 2.40 bits per heavy atom. The van der Waals surface area contributed by atoms with Crippen molar-refractivity contribution < 1.29 is 28.2 Å². The molecule has 1 fully saturated rings. The molecular formula is C36H34FN3O6S. The van der Waals surface area contributed by atoms with Gasteiger partial charge in [-0.2, -0.15) is 0 Å². The zero-order valence-electron chi connectivity index (χ0n) is 26.1. The molecule has 0 unspecified atom stereocenters. The molecule has 3 heterocycles. The second kappa shape index (κ2) is 14.2. The first-order valence-electron chi connectivity index (χ1n) is 15.6. The van der Waals surface area contributed by atoms with E-state index in [2.05, 4.69) is 0 Å². The van der Waals surface area contributed by atoms with Crippen LogP contribution in [-0.4, -0.2) is 54.3 Å². The van der Waals surface area contributed by atoms with Gasteiger partial charge in [-0.3, -0.25) is 14.2 Å². The Bertz CT molecular complexity index is 2000. The number of carbonyl (C=O) groups is 2. The molecule has 1 amide bonds. The Labute approximate surface area is 274 Å². The third-order valence-corrected chi connectivity index (χ3v) is 8.92. The number of fused-ring (bicyclic) bond motifs is 1. The summed E-state index contributed by atoms with van der Waals surface area (Å²) in [5.74, 6) is -0.241. The van der Waals surface area contributed by atoms with Gasteiger partial charge in [-0.25, -0.2) is 14.2 Å². The molecule has 9 nitrogen and oxygen atoms in total. The zero-order valence-corrected chi connectivity index (χ0v) is 26.9. The van der Waals surface area contributed by atoms with Crippen molar-refractivity contribution >= 4 is 35.0 Å². The first kappa shape index (κ1) is 31.9. The highest BCUT2D eigenvalue weighted by Crippen LogP contribution is 2.35. The molecule has 11 heteroatoms. The molecule has 1 atom stereocenters. The molecule has 0 bridgehead atoms. The topological polar surface area (TPSA) is 99.4 Å². The number of hydrogen-bond acceptors (Lipinski definition) is 8. The number of benzene rings is 3. The molecule has 0 saturated carbocycles. The summed E-state index contributed by atoms with van der Waals surface area (Å²) in [7, 11) is 0. The number of thiazole rings is 1. The van der Waals surface area contributed by atoms with Crippen molar-refractivity contribution in [1.82, 2.24) is 9.47 Å². The van der Waals surface area contributed by atoms with Gasteiger partial charge in [-0.15, -0.1) is 0 Å². The maximum absolute atomic E-state index is 14.2. The van der Waals surface area contributed by atoms with Crippen LogP contribution in [-0.2, 0) is 14.3 Å². The lowest BCUT2D eigenvalue weighted by Gasteiger charge is -2.25. The number of aromatic nitrogens is 1. The van der Waals surface area contributed by atoms with Gasteiger partial charge in [0.15, 0.2) is 22.9 Å². The Balaban J connectivity index is 1.45. The Kier molecular flexibility index (Phi) is 9.63. The highest BCUT2D eigenvalue weighted by molar-refractivity contribution is 7.07. The predicted molar refractivity (Wildman–Crippen MR) is 176 cm³/mol. The average molecular weight is 656 g/mol. The van der Waals surface area contributed by atoms with Gasteiger partial charge in [0.25, 0.3) is 11.5 Å². The SMILES string of the molecule is CCOC(=O)C1=C(c2ccccc2)N=c2s/c(=C/c3ccc(OCC(=O)N4CCCC4)c(OCC)c3)c(=O)n2[C@H]1c1ccc(F)cc1. The predicted octanol–water partition coefficient (Wildman–Crippen LogP) is 4.47. The van der Waals surface area contributed by atoms with Crippen LogP contribution in [0.5, 0.6) is 11.5 Å². The molecule has 3 aromatic carbocycles. The quantitative estimate of drug-likeness (QED) is 0.234. The fraction of sp³-hybridized carbons (Fsp3) is 0.278. The Hall–Kier alpha value is -5.03. The average Bonchev–Trinajstić information content (AvgIpc) is 3.73. The summed E-state index contributed by atoms with van der Waals surface area (Å²) in [6.45, 7) is 5.46. The standard InChI is InChI=1S/C36H34FN3O6S/c1-3-44-28-20-23(12-17-27(28)46-22-30(41)39-18-8-9-19-39)21-29-34(42)40-33(25-13-15-26(37)16-14-25)31(35(43)45-4-2)32(38-36(40)47-29)24-10-6-5-7-11-24/h5-7,10-17,20-21,33H,3-4,8-9,18-19,22H2,1-2H3/b29-21+/t33-/m0/s1. The normalized spacial score (nSPS) is 16.1. The molecule has 0 radical (unpaired) electrons. The van der Waals surface area contributed by atoms with Crippen LogP contribution < -0.4 is 24.4 Å². The number of hydrogen-bond donors (Lipinski definition) is 0. The minimum absolute atomic E-state index is 0.0668. The number of rotatable bonds is 10. The van der Waals surface area contributed by atoms with Gasteiger partial charge in [-0.1, -0.05) is 59.9 Å². The molecule has 6 rings (SSSR count). The van der Waals surface area contributed by atoms with Crippen molar-refractivity contribution in [2.45, 2.75) is 32.7 Å². The van der Waals surface area contributed by atoms with Crippen LogP contribution in [0.15, 0.2) is 88.2 Å². The van der Waals surface area contributed by atoms with Crippen molar-refractivity contribution in [1.29, 1.82) is 0 Å². The van der Waals surface area contributed by atoms with Crippen molar-refractivity contribution in [3.05, 3.63) is 121 Å². The van der Waals surface area contributed by atoms with E-state index in [-0.39, 0.29) is 30.3 Å². The molecule has 4 aromatic rings. The molecule has 0 aliphatic carbocycles. The second-order valence-corrected chi connectivity index (χ2v) is 12.0. The van der Waals surface area contributed by atoms with Crippen LogP contribution in [0.25, 0.3) is 11.8 Å². The summed E-state index contributed by atoms with van der Waals surface area (Å²) in [6, 6.07) is 19.3. The fourth-order valence-electron chi connectivity index (χ4n) is 5.75. The molecule has 1 aromatic heterocycles. The summed E-state index contributed by atoms with van der Waals surface area (Å²) in [6.07, 6.45) is 3.72. The van der Waals surface area contributed by atoms with E-state index in [9.17, 15) is 18.8 Å². The van der Waals surface area contributed by atoms with E-state index in [0.717, 1.165) is 25.9 Å². The third kappa shape index (κ3) is 6.76.